The second kappa shape index (κ2) is 5.96. The molecular formula is C16H19N3O2S. The van der Waals surface area contributed by atoms with Crippen molar-refractivity contribution in [3.05, 3.63) is 40.4 Å². The van der Waals surface area contributed by atoms with E-state index in [0.29, 0.717) is 11.6 Å². The minimum Gasteiger partial charge on any atom is -0.497 e. The molecule has 1 aromatic carbocycles. The van der Waals surface area contributed by atoms with Crippen LogP contribution in [0.3, 0.4) is 0 Å². The van der Waals surface area contributed by atoms with Gasteiger partial charge in [0.15, 0.2) is 5.13 Å². The Morgan fingerprint density at radius 2 is 2.27 bits per heavy atom. The Hall–Kier alpha value is -2.08. The summed E-state index contributed by atoms with van der Waals surface area (Å²) >= 11 is 1.56. The van der Waals surface area contributed by atoms with Gasteiger partial charge in [0.1, 0.15) is 5.75 Å². The normalized spacial score (nSPS) is 17.1. The number of rotatable bonds is 4. The van der Waals surface area contributed by atoms with Crippen LogP contribution in [0.25, 0.3) is 0 Å². The summed E-state index contributed by atoms with van der Waals surface area (Å²) in [6.07, 6.45) is 0.725. The van der Waals surface area contributed by atoms with Crippen molar-refractivity contribution in [1.29, 1.82) is 0 Å². The molecular weight excluding hydrogens is 298 g/mol. The minimum atomic E-state index is -0.0916. The zero-order chi connectivity index (χ0) is 15.7. The number of ether oxygens (including phenoxy) is 1. The Balaban J connectivity index is 1.84. The number of carbonyl (C=O) groups is 1. The first-order valence-corrected chi connectivity index (χ1v) is 8.14. The van der Waals surface area contributed by atoms with Crippen molar-refractivity contribution in [1.82, 2.24) is 10.3 Å². The number of hydrogen-bond acceptors (Lipinski definition) is 5. The molecule has 1 aromatic heterocycles. The van der Waals surface area contributed by atoms with E-state index in [9.17, 15) is 4.79 Å². The highest BCUT2D eigenvalue weighted by molar-refractivity contribution is 7.13. The highest BCUT2D eigenvalue weighted by Crippen LogP contribution is 2.30. The van der Waals surface area contributed by atoms with E-state index in [-0.39, 0.29) is 11.9 Å². The zero-order valence-electron chi connectivity index (χ0n) is 12.8. The Labute approximate surface area is 133 Å². The van der Waals surface area contributed by atoms with E-state index in [1.165, 1.54) is 0 Å². The van der Waals surface area contributed by atoms with Gasteiger partial charge in [0, 0.05) is 17.0 Å². The molecule has 0 radical (unpaired) electrons. The Bertz CT molecular complexity index is 696. The topological polar surface area (TPSA) is 63.2 Å². The molecule has 6 heteroatoms. The molecule has 116 valence electrons. The van der Waals surface area contributed by atoms with Crippen molar-refractivity contribution < 1.29 is 9.53 Å². The molecule has 0 saturated carbocycles. The molecule has 22 heavy (non-hydrogen) atoms. The predicted molar refractivity (Wildman–Crippen MR) is 87.8 cm³/mol. The number of nitrogens with one attached hydrogen (secondary N) is 2. The van der Waals surface area contributed by atoms with Gasteiger partial charge < -0.3 is 15.4 Å². The summed E-state index contributed by atoms with van der Waals surface area (Å²) in [5.74, 6) is 0.716. The lowest BCUT2D eigenvalue weighted by Gasteiger charge is -2.24. The highest BCUT2D eigenvalue weighted by atomic mass is 32.1. The number of amides is 1. The van der Waals surface area contributed by atoms with Gasteiger partial charge >= 0.3 is 0 Å². The lowest BCUT2D eigenvalue weighted by Crippen LogP contribution is -2.35. The Morgan fingerprint density at radius 1 is 1.45 bits per heavy atom. The lowest BCUT2D eigenvalue weighted by atomic mass is 9.94. The van der Waals surface area contributed by atoms with Gasteiger partial charge in [-0.15, -0.1) is 11.3 Å². The van der Waals surface area contributed by atoms with E-state index in [2.05, 4.69) is 29.5 Å². The van der Waals surface area contributed by atoms with E-state index in [0.717, 1.165) is 28.6 Å². The Kier molecular flexibility index (Phi) is 4.02. The minimum absolute atomic E-state index is 0.0553. The molecule has 1 aliphatic heterocycles. The number of nitrogens with zero attached hydrogens (tertiary/aromatic N) is 1. The third kappa shape index (κ3) is 2.92. The standard InChI is InChI=1S/C16H19N3O2S/c1-9(2)17-16-19-14(8-22-16)13-7-10-6-11(21-3)4-5-12(10)15(20)18-13/h4-6,8-9,13H,7H2,1-3H3,(H,17,19)(H,18,20). The van der Waals surface area contributed by atoms with Crippen molar-refractivity contribution >= 4 is 22.4 Å². The number of benzene rings is 1. The third-order valence-corrected chi connectivity index (χ3v) is 4.37. The summed E-state index contributed by atoms with van der Waals surface area (Å²) in [5, 5.41) is 9.20. The van der Waals surface area contributed by atoms with Gasteiger partial charge in [-0.25, -0.2) is 4.98 Å². The maximum Gasteiger partial charge on any atom is 0.252 e. The quantitative estimate of drug-likeness (QED) is 0.910. The second-order valence-electron chi connectivity index (χ2n) is 5.63. The summed E-state index contributed by atoms with van der Waals surface area (Å²) in [6, 6.07) is 5.80. The van der Waals surface area contributed by atoms with Crippen molar-refractivity contribution in [3.63, 3.8) is 0 Å². The molecule has 1 amide bonds. The number of hydrogen-bond donors (Lipinski definition) is 2. The monoisotopic (exact) mass is 317 g/mol. The van der Waals surface area contributed by atoms with E-state index >= 15 is 0 Å². The third-order valence-electron chi connectivity index (χ3n) is 3.58. The summed E-state index contributed by atoms with van der Waals surface area (Å²) in [7, 11) is 1.63. The fourth-order valence-corrected chi connectivity index (χ4v) is 3.44. The summed E-state index contributed by atoms with van der Waals surface area (Å²) < 4.78 is 5.25. The lowest BCUT2D eigenvalue weighted by molar-refractivity contribution is 0.0924. The van der Waals surface area contributed by atoms with E-state index in [4.69, 9.17) is 4.74 Å². The molecule has 2 aromatic rings. The molecule has 1 aliphatic rings. The van der Waals surface area contributed by atoms with Crippen molar-refractivity contribution in [3.8, 4) is 5.75 Å². The van der Waals surface area contributed by atoms with Crippen LogP contribution in [-0.2, 0) is 6.42 Å². The van der Waals surface area contributed by atoms with Crippen LogP contribution in [0.1, 0.15) is 41.5 Å². The fourth-order valence-electron chi connectivity index (χ4n) is 2.53. The SMILES string of the molecule is COc1ccc2c(c1)CC(c1csc(NC(C)C)n1)NC2=O. The van der Waals surface area contributed by atoms with Crippen LogP contribution in [-0.4, -0.2) is 24.0 Å². The molecule has 5 nitrogen and oxygen atoms in total. The van der Waals surface area contributed by atoms with E-state index in [1.807, 2.05) is 23.6 Å². The smallest absolute Gasteiger partial charge is 0.252 e. The van der Waals surface area contributed by atoms with Crippen LogP contribution in [0.15, 0.2) is 23.6 Å². The van der Waals surface area contributed by atoms with Gasteiger partial charge in [-0.3, -0.25) is 4.79 Å². The summed E-state index contributed by atoms with van der Waals surface area (Å²) in [4.78, 5) is 16.8. The maximum absolute atomic E-state index is 12.3. The van der Waals surface area contributed by atoms with Crippen LogP contribution < -0.4 is 15.4 Å². The van der Waals surface area contributed by atoms with Gasteiger partial charge in [-0.2, -0.15) is 0 Å². The van der Waals surface area contributed by atoms with Crippen LogP contribution >= 0.6 is 11.3 Å². The molecule has 0 bridgehead atoms. The molecule has 3 rings (SSSR count). The highest BCUT2D eigenvalue weighted by Gasteiger charge is 2.27. The van der Waals surface area contributed by atoms with Gasteiger partial charge in [0.05, 0.1) is 18.8 Å². The summed E-state index contributed by atoms with van der Waals surface area (Å²) in [6.45, 7) is 4.15. The number of carbonyl (C=O) groups excluding carboxylic acids is 1. The molecule has 1 unspecified atom stereocenters. The van der Waals surface area contributed by atoms with Gasteiger partial charge in [0.25, 0.3) is 5.91 Å². The fraction of sp³-hybridized carbons (Fsp3) is 0.375. The average molecular weight is 317 g/mol. The molecule has 0 spiro atoms. The van der Waals surface area contributed by atoms with Crippen molar-refractivity contribution in [2.45, 2.75) is 32.4 Å². The first-order chi connectivity index (χ1) is 10.6. The first kappa shape index (κ1) is 14.8. The van der Waals surface area contributed by atoms with Gasteiger partial charge in [-0.1, -0.05) is 0 Å². The van der Waals surface area contributed by atoms with Gasteiger partial charge in [-0.05, 0) is 44.0 Å². The second-order valence-corrected chi connectivity index (χ2v) is 6.49. The number of thiazole rings is 1. The largest absolute Gasteiger partial charge is 0.497 e. The molecule has 0 saturated heterocycles. The average Bonchev–Trinajstić information content (AvgIpc) is 2.94. The molecule has 0 aliphatic carbocycles. The molecule has 2 N–H and O–H groups in total. The number of aromatic nitrogens is 1. The zero-order valence-corrected chi connectivity index (χ0v) is 13.7. The van der Waals surface area contributed by atoms with Crippen molar-refractivity contribution in [2.24, 2.45) is 0 Å². The Morgan fingerprint density at radius 3 is 3.00 bits per heavy atom. The molecule has 2 heterocycles. The molecule has 1 atom stereocenters. The van der Waals surface area contributed by atoms with Crippen LogP contribution in [0, 0.1) is 0 Å². The number of methoxy groups -OCH3 is 1. The van der Waals surface area contributed by atoms with E-state index < -0.39 is 0 Å². The maximum atomic E-state index is 12.3. The number of fused-ring (bicyclic) bond motifs is 1. The van der Waals surface area contributed by atoms with Crippen molar-refractivity contribution in [2.75, 3.05) is 12.4 Å². The molecule has 0 fully saturated rings. The van der Waals surface area contributed by atoms with Crippen LogP contribution in [0.5, 0.6) is 5.75 Å². The number of anilines is 1. The van der Waals surface area contributed by atoms with Crippen LogP contribution in [0.2, 0.25) is 0 Å². The van der Waals surface area contributed by atoms with Gasteiger partial charge in [0.2, 0.25) is 0 Å². The first-order valence-electron chi connectivity index (χ1n) is 7.26. The van der Waals surface area contributed by atoms with E-state index in [1.54, 1.807) is 18.4 Å². The predicted octanol–water partition coefficient (Wildman–Crippen LogP) is 3.00. The van der Waals surface area contributed by atoms with Crippen LogP contribution in [0.4, 0.5) is 5.13 Å². The summed E-state index contributed by atoms with van der Waals surface area (Å²) in [5.41, 5.74) is 2.61.